The Morgan fingerprint density at radius 3 is 2.92 bits per heavy atom. The molecule has 0 bridgehead atoms. The molecule has 0 spiro atoms. The van der Waals surface area contributed by atoms with Crippen LogP contribution in [0.5, 0.6) is 0 Å². The quantitative estimate of drug-likeness (QED) is 0.345. The van der Waals surface area contributed by atoms with Gasteiger partial charge in [0.05, 0.1) is 11.0 Å². The van der Waals surface area contributed by atoms with Gasteiger partial charge in [-0.3, -0.25) is 4.99 Å². The van der Waals surface area contributed by atoms with Crippen LogP contribution >= 0.6 is 11.3 Å². The first-order valence-corrected chi connectivity index (χ1v) is 9.61. The molecule has 0 saturated heterocycles. The molecule has 0 aliphatic heterocycles. The number of imidazole rings is 1. The van der Waals surface area contributed by atoms with Crippen LogP contribution in [0.3, 0.4) is 0 Å². The van der Waals surface area contributed by atoms with E-state index in [1.54, 1.807) is 11.3 Å². The molecule has 1 atom stereocenters. The number of H-pyrrole nitrogens is 1. The van der Waals surface area contributed by atoms with Crippen LogP contribution in [0.15, 0.2) is 46.1 Å². The zero-order valence-electron chi connectivity index (χ0n) is 14.7. The zero-order valence-corrected chi connectivity index (χ0v) is 15.6. The minimum atomic E-state index is 0.473. The van der Waals surface area contributed by atoms with Crippen LogP contribution in [0.25, 0.3) is 11.0 Å². The maximum atomic E-state index is 4.61. The number of nitrogens with zero attached hydrogens (tertiary/aromatic N) is 2. The number of aliphatic imine (C=N–C) groups is 1. The number of aromatic nitrogens is 2. The summed E-state index contributed by atoms with van der Waals surface area (Å²) >= 11 is 1.74. The Balaban J connectivity index is 1.39. The molecule has 132 valence electrons. The van der Waals surface area contributed by atoms with E-state index >= 15 is 0 Å². The van der Waals surface area contributed by atoms with Gasteiger partial charge in [-0.05, 0) is 46.9 Å². The van der Waals surface area contributed by atoms with Gasteiger partial charge in [-0.15, -0.1) is 0 Å². The third-order valence-corrected chi connectivity index (χ3v) is 4.93. The molecular weight excluding hydrogens is 330 g/mol. The second-order valence-corrected chi connectivity index (χ2v) is 6.92. The summed E-state index contributed by atoms with van der Waals surface area (Å²) in [6.07, 6.45) is 1.92. The fourth-order valence-corrected chi connectivity index (χ4v) is 3.51. The first kappa shape index (κ1) is 17.5. The predicted octanol–water partition coefficient (Wildman–Crippen LogP) is 3.53. The Morgan fingerprint density at radius 1 is 1.28 bits per heavy atom. The van der Waals surface area contributed by atoms with E-state index in [4.69, 9.17) is 0 Å². The molecule has 2 heterocycles. The number of aryl methyl sites for hydroxylation is 1. The van der Waals surface area contributed by atoms with Gasteiger partial charge in [0.2, 0.25) is 0 Å². The molecule has 0 amide bonds. The van der Waals surface area contributed by atoms with Gasteiger partial charge in [0, 0.05) is 26.6 Å². The Hall–Kier alpha value is -2.34. The van der Waals surface area contributed by atoms with Gasteiger partial charge in [0.25, 0.3) is 0 Å². The van der Waals surface area contributed by atoms with E-state index in [-0.39, 0.29) is 0 Å². The van der Waals surface area contributed by atoms with E-state index in [1.807, 2.05) is 25.2 Å². The largest absolute Gasteiger partial charge is 0.356 e. The first-order chi connectivity index (χ1) is 12.3. The molecule has 0 fully saturated rings. The average Bonchev–Trinajstić information content (AvgIpc) is 3.30. The monoisotopic (exact) mass is 355 g/mol. The lowest BCUT2D eigenvalue weighted by atomic mass is 10.1. The van der Waals surface area contributed by atoms with Gasteiger partial charge < -0.3 is 15.6 Å². The molecule has 2 aromatic heterocycles. The summed E-state index contributed by atoms with van der Waals surface area (Å²) in [6, 6.07) is 10.3. The van der Waals surface area contributed by atoms with Crippen molar-refractivity contribution in [3.63, 3.8) is 0 Å². The fourth-order valence-electron chi connectivity index (χ4n) is 2.73. The average molecular weight is 356 g/mol. The van der Waals surface area contributed by atoms with Crippen LogP contribution in [0, 0.1) is 0 Å². The third kappa shape index (κ3) is 4.82. The molecule has 1 aromatic carbocycles. The first-order valence-electron chi connectivity index (χ1n) is 8.66. The standard InChI is InChI=1S/C19H25N5S/c1-14(15-9-11-25-13-15)12-22-19(20-2)21-10-5-8-18-23-16-6-3-4-7-17(16)24-18/h3-4,6-7,9,11,13-14H,5,8,10,12H2,1-2H3,(H,23,24)(H2,20,21,22). The van der Waals surface area contributed by atoms with Gasteiger partial charge in [0.15, 0.2) is 5.96 Å². The molecule has 25 heavy (non-hydrogen) atoms. The molecule has 0 aliphatic rings. The molecule has 0 saturated carbocycles. The normalized spacial score (nSPS) is 13.1. The number of para-hydroxylation sites is 2. The van der Waals surface area contributed by atoms with E-state index in [2.05, 4.69) is 55.4 Å². The SMILES string of the molecule is CN=C(NCCCc1nc2ccccc2[nH]1)NCC(C)c1ccsc1. The number of rotatable bonds is 7. The van der Waals surface area contributed by atoms with Crippen molar-refractivity contribution in [1.29, 1.82) is 0 Å². The summed E-state index contributed by atoms with van der Waals surface area (Å²) in [5.41, 5.74) is 3.51. The number of benzene rings is 1. The highest BCUT2D eigenvalue weighted by molar-refractivity contribution is 7.07. The van der Waals surface area contributed by atoms with Crippen molar-refractivity contribution in [3.05, 3.63) is 52.5 Å². The maximum absolute atomic E-state index is 4.61. The number of nitrogens with one attached hydrogen (secondary N) is 3. The van der Waals surface area contributed by atoms with Crippen LogP contribution in [-0.2, 0) is 6.42 Å². The van der Waals surface area contributed by atoms with E-state index in [0.717, 1.165) is 48.7 Å². The van der Waals surface area contributed by atoms with Crippen LogP contribution < -0.4 is 10.6 Å². The fraction of sp³-hybridized carbons (Fsp3) is 0.368. The van der Waals surface area contributed by atoms with Crippen molar-refractivity contribution >= 4 is 28.3 Å². The topological polar surface area (TPSA) is 65.1 Å². The molecule has 1 unspecified atom stereocenters. The Labute approximate surface area is 152 Å². The van der Waals surface area contributed by atoms with Crippen molar-refractivity contribution in [2.45, 2.75) is 25.7 Å². The van der Waals surface area contributed by atoms with Crippen molar-refractivity contribution in [3.8, 4) is 0 Å². The number of guanidine groups is 1. The number of hydrogen-bond donors (Lipinski definition) is 3. The lowest BCUT2D eigenvalue weighted by Crippen LogP contribution is -2.39. The van der Waals surface area contributed by atoms with Gasteiger partial charge in [0.1, 0.15) is 5.82 Å². The minimum absolute atomic E-state index is 0.473. The van der Waals surface area contributed by atoms with Crippen molar-refractivity contribution in [2.24, 2.45) is 4.99 Å². The lowest BCUT2D eigenvalue weighted by molar-refractivity contribution is 0.686. The Morgan fingerprint density at radius 2 is 2.16 bits per heavy atom. The van der Waals surface area contributed by atoms with E-state index in [0.29, 0.717) is 5.92 Å². The molecule has 3 aromatic rings. The van der Waals surface area contributed by atoms with E-state index in [9.17, 15) is 0 Å². The second kappa shape index (κ2) is 8.67. The highest BCUT2D eigenvalue weighted by atomic mass is 32.1. The zero-order chi connectivity index (χ0) is 17.5. The molecule has 0 radical (unpaired) electrons. The Kier molecular flexibility index (Phi) is 6.06. The number of fused-ring (bicyclic) bond motifs is 1. The number of aromatic amines is 1. The highest BCUT2D eigenvalue weighted by Crippen LogP contribution is 2.17. The van der Waals surface area contributed by atoms with Gasteiger partial charge in [-0.2, -0.15) is 11.3 Å². The summed E-state index contributed by atoms with van der Waals surface area (Å²) in [4.78, 5) is 12.3. The summed E-state index contributed by atoms with van der Waals surface area (Å²) in [7, 11) is 1.81. The van der Waals surface area contributed by atoms with Gasteiger partial charge in [-0.1, -0.05) is 19.1 Å². The van der Waals surface area contributed by atoms with Crippen molar-refractivity contribution in [2.75, 3.05) is 20.1 Å². The van der Waals surface area contributed by atoms with Crippen LogP contribution in [0.2, 0.25) is 0 Å². The van der Waals surface area contributed by atoms with E-state index in [1.165, 1.54) is 5.56 Å². The van der Waals surface area contributed by atoms with Crippen molar-refractivity contribution < 1.29 is 0 Å². The molecular formula is C19H25N5S. The number of thiophene rings is 1. The molecule has 0 aliphatic carbocycles. The third-order valence-electron chi connectivity index (χ3n) is 4.23. The van der Waals surface area contributed by atoms with Crippen LogP contribution in [-0.4, -0.2) is 36.1 Å². The smallest absolute Gasteiger partial charge is 0.190 e. The second-order valence-electron chi connectivity index (χ2n) is 6.14. The summed E-state index contributed by atoms with van der Waals surface area (Å²) in [6.45, 7) is 3.97. The molecule has 6 heteroatoms. The maximum Gasteiger partial charge on any atom is 0.190 e. The summed E-state index contributed by atoms with van der Waals surface area (Å²) in [5, 5.41) is 11.1. The number of hydrogen-bond acceptors (Lipinski definition) is 3. The van der Waals surface area contributed by atoms with Crippen molar-refractivity contribution in [1.82, 2.24) is 20.6 Å². The predicted molar refractivity (Wildman–Crippen MR) is 107 cm³/mol. The van der Waals surface area contributed by atoms with E-state index < -0.39 is 0 Å². The molecule has 3 N–H and O–H groups in total. The van der Waals surface area contributed by atoms with Gasteiger partial charge in [-0.25, -0.2) is 4.98 Å². The Bertz CT molecular complexity index is 773. The molecule has 3 rings (SSSR count). The van der Waals surface area contributed by atoms with Gasteiger partial charge >= 0.3 is 0 Å². The van der Waals surface area contributed by atoms with Crippen LogP contribution in [0.4, 0.5) is 0 Å². The minimum Gasteiger partial charge on any atom is -0.356 e. The highest BCUT2D eigenvalue weighted by Gasteiger charge is 2.07. The van der Waals surface area contributed by atoms with Crippen LogP contribution in [0.1, 0.15) is 30.7 Å². The summed E-state index contributed by atoms with van der Waals surface area (Å²) in [5.74, 6) is 2.36. The lowest BCUT2D eigenvalue weighted by Gasteiger charge is -2.15. The molecule has 5 nitrogen and oxygen atoms in total. The summed E-state index contributed by atoms with van der Waals surface area (Å²) < 4.78 is 0.